The Morgan fingerprint density at radius 3 is 2.41 bits per heavy atom. The smallest absolute Gasteiger partial charge is 0.300 e. The second-order valence-electron chi connectivity index (χ2n) is 7.03. The summed E-state index contributed by atoms with van der Waals surface area (Å²) in [6.45, 7) is 2.99. The number of hydrogen-bond donors (Lipinski definition) is 0. The van der Waals surface area contributed by atoms with E-state index in [9.17, 15) is 13.2 Å². The molecule has 0 aliphatic carbocycles. The third-order valence-corrected chi connectivity index (χ3v) is 5.17. The lowest BCUT2D eigenvalue weighted by atomic mass is 9.98. The summed E-state index contributed by atoms with van der Waals surface area (Å²) in [5.41, 5.74) is 1.43. The Kier molecular flexibility index (Phi) is 5.85. The van der Waals surface area contributed by atoms with Crippen molar-refractivity contribution in [2.45, 2.75) is 32.0 Å². The third kappa shape index (κ3) is 4.69. The van der Waals surface area contributed by atoms with Gasteiger partial charge in [0, 0.05) is 6.04 Å². The maximum absolute atomic E-state index is 12.8. The standard InChI is InChI=1S/C23H24F3N/c1-17(21-14-6-11-19-10-3-4-13-22(19)21)27(2)15-7-9-18-8-5-12-20(16-18)23(24,25)26/h3-6,8,10-14,16-17H,7,9,15H2,1-2H3/t17-/m1/s1. The molecule has 0 spiro atoms. The summed E-state index contributed by atoms with van der Waals surface area (Å²) in [5.74, 6) is 0. The molecule has 27 heavy (non-hydrogen) atoms. The molecule has 0 N–H and O–H groups in total. The van der Waals surface area contributed by atoms with E-state index >= 15 is 0 Å². The van der Waals surface area contributed by atoms with Crippen LogP contribution in [0.2, 0.25) is 0 Å². The van der Waals surface area contributed by atoms with Crippen molar-refractivity contribution in [2.75, 3.05) is 13.6 Å². The first-order valence-electron chi connectivity index (χ1n) is 9.20. The van der Waals surface area contributed by atoms with Gasteiger partial charge in [0.2, 0.25) is 0 Å². The summed E-state index contributed by atoms with van der Waals surface area (Å²) in [7, 11) is 2.07. The van der Waals surface area contributed by atoms with Crippen LogP contribution < -0.4 is 0 Å². The molecule has 0 heterocycles. The van der Waals surface area contributed by atoms with E-state index in [0.29, 0.717) is 6.42 Å². The minimum atomic E-state index is -4.28. The van der Waals surface area contributed by atoms with Crippen LogP contribution in [0.15, 0.2) is 66.7 Å². The Bertz CT molecular complexity index is 896. The van der Waals surface area contributed by atoms with Crippen LogP contribution in [-0.2, 0) is 12.6 Å². The van der Waals surface area contributed by atoms with E-state index in [1.165, 1.54) is 28.5 Å². The summed E-state index contributed by atoms with van der Waals surface area (Å²) < 4.78 is 38.5. The third-order valence-electron chi connectivity index (χ3n) is 5.17. The summed E-state index contributed by atoms with van der Waals surface area (Å²) in [6, 6.07) is 20.5. The minimum absolute atomic E-state index is 0.234. The molecular formula is C23H24F3N. The van der Waals surface area contributed by atoms with Gasteiger partial charge in [-0.3, -0.25) is 4.90 Å². The SMILES string of the molecule is C[C@H](c1cccc2ccccc12)N(C)CCCc1cccc(C(F)(F)F)c1. The van der Waals surface area contributed by atoms with Crippen molar-refractivity contribution >= 4 is 10.8 Å². The van der Waals surface area contributed by atoms with Crippen LogP contribution in [0.25, 0.3) is 10.8 Å². The highest BCUT2D eigenvalue weighted by atomic mass is 19.4. The van der Waals surface area contributed by atoms with E-state index < -0.39 is 11.7 Å². The highest BCUT2D eigenvalue weighted by Crippen LogP contribution is 2.30. The van der Waals surface area contributed by atoms with Gasteiger partial charge in [0.25, 0.3) is 0 Å². The summed E-state index contributed by atoms with van der Waals surface area (Å²) >= 11 is 0. The van der Waals surface area contributed by atoms with Gasteiger partial charge in [-0.1, -0.05) is 60.7 Å². The van der Waals surface area contributed by atoms with E-state index in [0.717, 1.165) is 24.6 Å². The van der Waals surface area contributed by atoms with Crippen LogP contribution in [0.1, 0.15) is 36.1 Å². The molecule has 3 aromatic carbocycles. The lowest BCUT2D eigenvalue weighted by Crippen LogP contribution is -2.24. The number of halogens is 3. The summed E-state index contributed by atoms with van der Waals surface area (Å²) in [5, 5.41) is 2.47. The predicted molar refractivity (Wildman–Crippen MR) is 105 cm³/mol. The molecule has 0 aliphatic rings. The fraction of sp³-hybridized carbons (Fsp3) is 0.304. The second-order valence-corrected chi connectivity index (χ2v) is 7.03. The lowest BCUT2D eigenvalue weighted by molar-refractivity contribution is -0.137. The van der Waals surface area contributed by atoms with Crippen molar-refractivity contribution in [1.82, 2.24) is 4.90 Å². The second kappa shape index (κ2) is 8.13. The van der Waals surface area contributed by atoms with Crippen LogP contribution in [0.4, 0.5) is 13.2 Å². The Balaban J connectivity index is 1.63. The lowest BCUT2D eigenvalue weighted by Gasteiger charge is -2.26. The van der Waals surface area contributed by atoms with Crippen molar-refractivity contribution in [3.63, 3.8) is 0 Å². The van der Waals surface area contributed by atoms with E-state index in [-0.39, 0.29) is 6.04 Å². The number of fused-ring (bicyclic) bond motifs is 1. The summed E-state index contributed by atoms with van der Waals surface area (Å²) in [4.78, 5) is 2.26. The molecular weight excluding hydrogens is 347 g/mol. The van der Waals surface area contributed by atoms with Gasteiger partial charge in [-0.05, 0) is 61.3 Å². The first-order chi connectivity index (χ1) is 12.9. The number of alkyl halides is 3. The van der Waals surface area contributed by atoms with Crippen LogP contribution in [0.3, 0.4) is 0 Å². The molecule has 3 aromatic rings. The molecule has 0 amide bonds. The van der Waals surface area contributed by atoms with E-state index in [4.69, 9.17) is 0 Å². The van der Waals surface area contributed by atoms with Gasteiger partial charge in [0.15, 0.2) is 0 Å². The zero-order valence-electron chi connectivity index (χ0n) is 15.6. The quantitative estimate of drug-likeness (QED) is 0.479. The first kappa shape index (κ1) is 19.4. The molecule has 0 bridgehead atoms. The van der Waals surface area contributed by atoms with Crippen LogP contribution in [-0.4, -0.2) is 18.5 Å². The average molecular weight is 371 g/mol. The minimum Gasteiger partial charge on any atom is -0.300 e. The molecule has 0 aromatic heterocycles. The molecule has 1 nitrogen and oxygen atoms in total. The van der Waals surface area contributed by atoms with Gasteiger partial charge in [0.05, 0.1) is 5.56 Å². The van der Waals surface area contributed by atoms with Crippen molar-refractivity contribution in [2.24, 2.45) is 0 Å². The van der Waals surface area contributed by atoms with Crippen LogP contribution >= 0.6 is 0 Å². The molecule has 4 heteroatoms. The fourth-order valence-corrected chi connectivity index (χ4v) is 3.48. The molecule has 0 saturated heterocycles. The number of aryl methyl sites for hydroxylation is 1. The Labute approximate surface area is 158 Å². The molecule has 3 rings (SSSR count). The number of hydrogen-bond acceptors (Lipinski definition) is 1. The van der Waals surface area contributed by atoms with E-state index in [1.807, 2.05) is 12.1 Å². The van der Waals surface area contributed by atoms with Crippen molar-refractivity contribution in [3.05, 3.63) is 83.4 Å². The Hall–Kier alpha value is -2.33. The predicted octanol–water partition coefficient (Wildman–Crippen LogP) is 6.48. The van der Waals surface area contributed by atoms with Gasteiger partial charge in [0.1, 0.15) is 0 Å². The normalized spacial score (nSPS) is 13.3. The van der Waals surface area contributed by atoms with Crippen LogP contribution in [0, 0.1) is 0 Å². The van der Waals surface area contributed by atoms with Crippen molar-refractivity contribution in [3.8, 4) is 0 Å². The number of rotatable bonds is 6. The maximum Gasteiger partial charge on any atom is 0.416 e. The topological polar surface area (TPSA) is 3.24 Å². The highest BCUT2D eigenvalue weighted by molar-refractivity contribution is 5.86. The number of benzene rings is 3. The van der Waals surface area contributed by atoms with Crippen LogP contribution in [0.5, 0.6) is 0 Å². The van der Waals surface area contributed by atoms with Crippen molar-refractivity contribution < 1.29 is 13.2 Å². The zero-order chi connectivity index (χ0) is 19.4. The van der Waals surface area contributed by atoms with Gasteiger partial charge in [-0.15, -0.1) is 0 Å². The zero-order valence-corrected chi connectivity index (χ0v) is 15.6. The van der Waals surface area contributed by atoms with E-state index in [1.54, 1.807) is 6.07 Å². The Morgan fingerprint density at radius 2 is 1.63 bits per heavy atom. The van der Waals surface area contributed by atoms with Gasteiger partial charge in [-0.25, -0.2) is 0 Å². The largest absolute Gasteiger partial charge is 0.416 e. The average Bonchev–Trinajstić information content (AvgIpc) is 2.66. The van der Waals surface area contributed by atoms with Gasteiger partial charge >= 0.3 is 6.18 Å². The Morgan fingerprint density at radius 1 is 0.926 bits per heavy atom. The molecule has 0 unspecified atom stereocenters. The van der Waals surface area contributed by atoms with E-state index in [2.05, 4.69) is 49.2 Å². The fourth-order valence-electron chi connectivity index (χ4n) is 3.48. The summed E-state index contributed by atoms with van der Waals surface area (Å²) in [6.07, 6.45) is -2.83. The molecule has 142 valence electrons. The van der Waals surface area contributed by atoms with Crippen molar-refractivity contribution in [1.29, 1.82) is 0 Å². The molecule has 1 atom stereocenters. The monoisotopic (exact) mass is 371 g/mol. The molecule has 0 aliphatic heterocycles. The maximum atomic E-state index is 12.8. The van der Waals surface area contributed by atoms with Gasteiger partial charge < -0.3 is 0 Å². The first-order valence-corrected chi connectivity index (χ1v) is 9.20. The highest BCUT2D eigenvalue weighted by Gasteiger charge is 2.30. The number of nitrogens with zero attached hydrogens (tertiary/aromatic N) is 1. The molecule has 0 fully saturated rings. The molecule has 0 saturated carbocycles. The molecule has 0 radical (unpaired) electrons. The van der Waals surface area contributed by atoms with Gasteiger partial charge in [-0.2, -0.15) is 13.2 Å².